The Morgan fingerprint density at radius 2 is 1.80 bits per heavy atom. The fourth-order valence-electron chi connectivity index (χ4n) is 2.62. The summed E-state index contributed by atoms with van der Waals surface area (Å²) in [5.41, 5.74) is 10.7. The van der Waals surface area contributed by atoms with Gasteiger partial charge in [-0.3, -0.25) is 10.9 Å². The van der Waals surface area contributed by atoms with Gasteiger partial charge in [-0.25, -0.2) is 9.97 Å². The summed E-state index contributed by atoms with van der Waals surface area (Å²) in [6.45, 7) is 8.30. The number of aryl methyl sites for hydroxylation is 2. The Morgan fingerprint density at radius 1 is 1.08 bits per heavy atom. The van der Waals surface area contributed by atoms with Crippen LogP contribution in [0.1, 0.15) is 25.0 Å². The maximum Gasteiger partial charge on any atom is 0.185 e. The minimum absolute atomic E-state index is 0.269. The van der Waals surface area contributed by atoms with Gasteiger partial charge in [0.1, 0.15) is 6.33 Å². The summed E-state index contributed by atoms with van der Waals surface area (Å²) in [5.74, 6) is 0.721. The molecule has 1 aromatic carbocycles. The number of benzene rings is 1. The van der Waals surface area contributed by atoms with Crippen LogP contribution in [-0.2, 0) is 0 Å². The van der Waals surface area contributed by atoms with Gasteiger partial charge in [-0.1, -0.05) is 29.3 Å². The summed E-state index contributed by atoms with van der Waals surface area (Å²) in [6.07, 6.45) is 1.56. The fraction of sp³-hybridized carbons (Fsp3) is 0.278. The highest BCUT2D eigenvalue weighted by Crippen LogP contribution is 2.36. The molecule has 3 aromatic rings. The molecule has 7 heteroatoms. The summed E-state index contributed by atoms with van der Waals surface area (Å²) in [6, 6.07) is 8.93. The molecule has 0 bridgehead atoms. The van der Waals surface area contributed by atoms with Crippen molar-refractivity contribution in [2.24, 2.45) is 0 Å². The Labute approximate surface area is 156 Å². The molecule has 0 saturated heterocycles. The van der Waals surface area contributed by atoms with Crippen molar-refractivity contribution in [1.82, 2.24) is 20.7 Å². The number of nitrogens with one attached hydrogen (secondary N) is 3. The molecular weight excluding hydrogens is 350 g/mol. The predicted octanol–water partition coefficient (Wildman–Crippen LogP) is 4.17. The van der Waals surface area contributed by atoms with Gasteiger partial charge >= 0.3 is 0 Å². The number of hydrogen-bond donors (Lipinski definition) is 3. The molecule has 5 nitrogen and oxygen atoms in total. The largest absolute Gasteiger partial charge is 0.359 e. The van der Waals surface area contributed by atoms with Crippen LogP contribution in [-0.4, -0.2) is 21.1 Å². The number of rotatable bonds is 4. The number of hydrazine groups is 1. The van der Waals surface area contributed by atoms with Gasteiger partial charge in [0.25, 0.3) is 0 Å². The highest BCUT2D eigenvalue weighted by atomic mass is 32.1. The molecule has 0 atom stereocenters. The van der Waals surface area contributed by atoms with Crippen LogP contribution in [0, 0.1) is 13.8 Å². The fourth-order valence-corrected chi connectivity index (χ4v) is 3.95. The third-order valence-corrected chi connectivity index (χ3v) is 4.93. The molecule has 2 aromatic heterocycles. The molecule has 0 saturated carbocycles. The lowest BCUT2D eigenvalue weighted by Crippen LogP contribution is -2.42. The molecule has 0 radical (unpaired) electrons. The number of thiophene rings is 1. The van der Waals surface area contributed by atoms with E-state index in [1.807, 2.05) is 13.8 Å². The second kappa shape index (κ2) is 7.33. The molecule has 130 valence electrons. The second-order valence-electron chi connectivity index (χ2n) is 6.30. The summed E-state index contributed by atoms with van der Waals surface area (Å²) in [4.78, 5) is 9.90. The molecule has 0 aliphatic rings. The number of hydrogen-bond acceptors (Lipinski definition) is 5. The van der Waals surface area contributed by atoms with Gasteiger partial charge in [0.2, 0.25) is 0 Å². The van der Waals surface area contributed by atoms with E-state index in [4.69, 9.17) is 12.2 Å². The van der Waals surface area contributed by atoms with Crippen molar-refractivity contribution >= 4 is 44.7 Å². The zero-order valence-electron chi connectivity index (χ0n) is 14.7. The van der Waals surface area contributed by atoms with Crippen molar-refractivity contribution in [1.29, 1.82) is 0 Å². The molecular formula is C18H21N5S2. The monoisotopic (exact) mass is 371 g/mol. The van der Waals surface area contributed by atoms with Crippen LogP contribution in [0.5, 0.6) is 0 Å². The Morgan fingerprint density at radius 3 is 2.48 bits per heavy atom. The Hall–Kier alpha value is -2.25. The standard InChI is InChI=1S/C18H21N5S2/c1-10(2)21-18(24)23-22-17-16-14(19-9-20-17)8-15(25-16)13-6-11(3)5-12(4)7-13/h5-10H,1-4H3,(H,19,20,22)(H2,21,23,24). The molecule has 0 fully saturated rings. The maximum atomic E-state index is 5.24. The summed E-state index contributed by atoms with van der Waals surface area (Å²) < 4.78 is 0.997. The lowest BCUT2D eigenvalue weighted by Gasteiger charge is -2.14. The summed E-state index contributed by atoms with van der Waals surface area (Å²) in [5, 5.41) is 3.66. The molecule has 0 aliphatic heterocycles. The van der Waals surface area contributed by atoms with Crippen LogP contribution in [0.2, 0.25) is 0 Å². The van der Waals surface area contributed by atoms with Crippen molar-refractivity contribution in [2.75, 3.05) is 5.43 Å². The number of nitrogens with zero attached hydrogens (tertiary/aromatic N) is 2. The lowest BCUT2D eigenvalue weighted by atomic mass is 10.1. The Balaban J connectivity index is 1.89. The van der Waals surface area contributed by atoms with E-state index in [0.717, 1.165) is 16.0 Å². The highest BCUT2D eigenvalue weighted by Gasteiger charge is 2.11. The lowest BCUT2D eigenvalue weighted by molar-refractivity contribution is 0.724. The molecule has 0 aliphatic carbocycles. The Kier molecular flexibility index (Phi) is 5.15. The Bertz CT molecular complexity index is 897. The molecule has 2 heterocycles. The van der Waals surface area contributed by atoms with E-state index in [-0.39, 0.29) is 6.04 Å². The smallest absolute Gasteiger partial charge is 0.185 e. The van der Waals surface area contributed by atoms with E-state index in [9.17, 15) is 0 Å². The van der Waals surface area contributed by atoms with Crippen molar-refractivity contribution in [3.63, 3.8) is 0 Å². The van der Waals surface area contributed by atoms with E-state index < -0.39 is 0 Å². The first-order valence-corrected chi connectivity index (χ1v) is 9.30. The zero-order valence-corrected chi connectivity index (χ0v) is 16.3. The third-order valence-electron chi connectivity index (χ3n) is 3.53. The topological polar surface area (TPSA) is 61.9 Å². The van der Waals surface area contributed by atoms with Gasteiger partial charge in [-0.2, -0.15) is 0 Å². The predicted molar refractivity (Wildman–Crippen MR) is 110 cm³/mol. The van der Waals surface area contributed by atoms with Gasteiger partial charge in [0, 0.05) is 10.9 Å². The van der Waals surface area contributed by atoms with E-state index in [2.05, 4.69) is 64.2 Å². The first-order chi connectivity index (χ1) is 11.9. The van der Waals surface area contributed by atoms with E-state index in [1.54, 1.807) is 17.7 Å². The van der Waals surface area contributed by atoms with Crippen LogP contribution in [0.15, 0.2) is 30.6 Å². The quantitative estimate of drug-likeness (QED) is 0.472. The molecule has 0 amide bonds. The summed E-state index contributed by atoms with van der Waals surface area (Å²) in [7, 11) is 0. The van der Waals surface area contributed by atoms with Crippen molar-refractivity contribution in [2.45, 2.75) is 33.7 Å². The van der Waals surface area contributed by atoms with Crippen LogP contribution < -0.4 is 16.2 Å². The van der Waals surface area contributed by atoms with E-state index in [1.165, 1.54) is 21.6 Å². The average molecular weight is 372 g/mol. The number of aromatic nitrogens is 2. The van der Waals surface area contributed by atoms with Crippen LogP contribution in [0.25, 0.3) is 20.7 Å². The number of anilines is 1. The summed E-state index contributed by atoms with van der Waals surface area (Å²) >= 11 is 6.91. The van der Waals surface area contributed by atoms with Gasteiger partial charge < -0.3 is 5.32 Å². The minimum atomic E-state index is 0.269. The zero-order chi connectivity index (χ0) is 18.0. The molecule has 0 spiro atoms. The van der Waals surface area contributed by atoms with Crippen molar-refractivity contribution in [3.05, 3.63) is 41.7 Å². The molecule has 0 unspecified atom stereocenters. The van der Waals surface area contributed by atoms with Crippen LogP contribution in [0.4, 0.5) is 5.82 Å². The molecule has 3 rings (SSSR count). The van der Waals surface area contributed by atoms with Gasteiger partial charge in [0.15, 0.2) is 10.9 Å². The van der Waals surface area contributed by atoms with Crippen LogP contribution >= 0.6 is 23.6 Å². The average Bonchev–Trinajstić information content (AvgIpc) is 2.96. The number of fused-ring (bicyclic) bond motifs is 1. The second-order valence-corrected chi connectivity index (χ2v) is 7.76. The highest BCUT2D eigenvalue weighted by molar-refractivity contribution is 7.80. The third kappa shape index (κ3) is 4.24. The molecule has 25 heavy (non-hydrogen) atoms. The molecule has 3 N–H and O–H groups in total. The van der Waals surface area contributed by atoms with Crippen molar-refractivity contribution in [3.8, 4) is 10.4 Å². The van der Waals surface area contributed by atoms with Crippen molar-refractivity contribution < 1.29 is 0 Å². The minimum Gasteiger partial charge on any atom is -0.359 e. The maximum absolute atomic E-state index is 5.24. The SMILES string of the molecule is Cc1cc(C)cc(-c2cc3ncnc(NNC(=S)NC(C)C)c3s2)c1. The first-order valence-electron chi connectivity index (χ1n) is 8.08. The van der Waals surface area contributed by atoms with Gasteiger partial charge in [-0.05, 0) is 51.5 Å². The van der Waals surface area contributed by atoms with Gasteiger partial charge in [0.05, 0.1) is 10.2 Å². The van der Waals surface area contributed by atoms with Gasteiger partial charge in [-0.15, -0.1) is 11.3 Å². The number of thiocarbonyl (C=S) groups is 1. The normalized spacial score (nSPS) is 10.9. The van der Waals surface area contributed by atoms with Crippen LogP contribution in [0.3, 0.4) is 0 Å². The van der Waals surface area contributed by atoms with E-state index in [0.29, 0.717) is 5.11 Å². The van der Waals surface area contributed by atoms with E-state index >= 15 is 0 Å². The first kappa shape index (κ1) is 17.6.